The average Bonchev–Trinajstić information content (AvgIpc) is 2.03. The molecular formula is C10H14O2S. The maximum absolute atomic E-state index is 11.4. The molecule has 1 aromatic carbocycles. The second-order valence-electron chi connectivity index (χ2n) is 2.89. The lowest BCUT2D eigenvalue weighted by atomic mass is 10.2. The quantitative estimate of drug-likeness (QED) is 0.511. The molecule has 0 aromatic heterocycles. The fourth-order valence-corrected chi connectivity index (χ4v) is 1.56. The van der Waals surface area contributed by atoms with E-state index in [-0.39, 0.29) is 12.5 Å². The second-order valence-corrected chi connectivity index (χ2v) is 5.72. The summed E-state index contributed by atoms with van der Waals surface area (Å²) in [6.45, 7) is 0. The zero-order valence-corrected chi connectivity index (χ0v) is 8.93. The van der Waals surface area contributed by atoms with Crippen LogP contribution in [0.4, 0.5) is 0 Å². The highest BCUT2D eigenvalue weighted by Crippen LogP contribution is 2.07. The minimum absolute atomic E-state index is 0. The minimum atomic E-state index is -2.34. The highest BCUT2D eigenvalue weighted by Gasteiger charge is 2.27. The van der Waals surface area contributed by atoms with E-state index in [4.69, 9.17) is 0 Å². The molecule has 0 N–H and O–H groups in total. The summed E-state index contributed by atoms with van der Waals surface area (Å²) in [5.41, 5.74) is 0.521. The van der Waals surface area contributed by atoms with E-state index in [1.54, 1.807) is 24.3 Å². The Hall–Kier alpha value is -0.960. The predicted molar refractivity (Wildman–Crippen MR) is 57.1 cm³/mol. The molecular weight excluding hydrogens is 184 g/mol. The standard InChI is InChI=1S/C9H11O2S.CH3/c1-12(2,11)9(10)8-6-4-3-5-7-8;/h3-7H,1-2H3;1H3/q+1;-1. The van der Waals surface area contributed by atoms with Crippen LogP contribution in [0.5, 0.6) is 0 Å². The van der Waals surface area contributed by atoms with E-state index < -0.39 is 9.93 Å². The lowest BCUT2D eigenvalue weighted by Crippen LogP contribution is -2.18. The largest absolute Gasteiger partial charge is 0.364 e. The molecule has 0 aliphatic carbocycles. The van der Waals surface area contributed by atoms with E-state index in [9.17, 15) is 9.00 Å². The first-order valence-electron chi connectivity index (χ1n) is 3.55. The topological polar surface area (TPSA) is 34.1 Å². The number of carbonyl (C=O) groups is 1. The Morgan fingerprint density at radius 3 is 2.00 bits per heavy atom. The molecule has 0 heterocycles. The highest BCUT2D eigenvalue weighted by molar-refractivity contribution is 8.15. The fraction of sp³-hybridized carbons (Fsp3) is 0.200. The van der Waals surface area contributed by atoms with E-state index in [0.717, 1.165) is 0 Å². The van der Waals surface area contributed by atoms with Gasteiger partial charge in [-0.2, -0.15) is 0 Å². The third kappa shape index (κ3) is 3.11. The van der Waals surface area contributed by atoms with Crippen LogP contribution in [-0.4, -0.2) is 17.6 Å². The summed E-state index contributed by atoms with van der Waals surface area (Å²) in [7, 11) is -2.34. The molecule has 1 aromatic rings. The summed E-state index contributed by atoms with van der Waals surface area (Å²) in [5.74, 6) is 0. The van der Waals surface area contributed by atoms with E-state index in [1.165, 1.54) is 12.5 Å². The van der Waals surface area contributed by atoms with Crippen molar-refractivity contribution in [3.8, 4) is 0 Å². The van der Waals surface area contributed by atoms with Crippen LogP contribution in [0, 0.1) is 7.43 Å². The summed E-state index contributed by atoms with van der Waals surface area (Å²) >= 11 is 0. The molecule has 0 saturated carbocycles. The first-order valence-corrected chi connectivity index (χ1v) is 5.93. The van der Waals surface area contributed by atoms with Crippen molar-refractivity contribution in [2.24, 2.45) is 0 Å². The predicted octanol–water partition coefficient (Wildman–Crippen LogP) is 2.04. The molecule has 0 aliphatic heterocycles. The van der Waals surface area contributed by atoms with E-state index in [1.807, 2.05) is 6.07 Å². The van der Waals surface area contributed by atoms with Gasteiger partial charge in [0.05, 0.1) is 5.56 Å². The molecule has 0 amide bonds. The van der Waals surface area contributed by atoms with Crippen LogP contribution in [0.25, 0.3) is 0 Å². The smallest absolute Gasteiger partial charge is 0.358 e. The van der Waals surface area contributed by atoms with Crippen LogP contribution in [0.3, 0.4) is 0 Å². The molecule has 1 rings (SSSR count). The Balaban J connectivity index is 0.00000144. The van der Waals surface area contributed by atoms with Crippen LogP contribution in [0.1, 0.15) is 10.4 Å². The molecule has 0 fully saturated rings. The summed E-state index contributed by atoms with van der Waals surface area (Å²) in [4.78, 5) is 11.4. The first-order chi connectivity index (χ1) is 5.52. The van der Waals surface area contributed by atoms with Crippen molar-refractivity contribution >= 4 is 15.0 Å². The lowest BCUT2D eigenvalue weighted by molar-refractivity contribution is 0.107. The van der Waals surface area contributed by atoms with Crippen molar-refractivity contribution in [2.45, 2.75) is 0 Å². The van der Waals surface area contributed by atoms with Gasteiger partial charge in [-0.1, -0.05) is 22.4 Å². The van der Waals surface area contributed by atoms with Crippen LogP contribution in [-0.2, 0) is 14.1 Å². The number of carbonyl (C=O) groups excluding carboxylic acids is 1. The SMILES string of the molecule is C[S+](C)(=O)C(=O)c1ccccc1.[CH3-]. The van der Waals surface area contributed by atoms with Crippen LogP contribution >= 0.6 is 0 Å². The van der Waals surface area contributed by atoms with Crippen molar-refractivity contribution in [2.75, 3.05) is 12.5 Å². The molecule has 72 valence electrons. The number of hydrogen-bond acceptors (Lipinski definition) is 2. The van der Waals surface area contributed by atoms with E-state index >= 15 is 0 Å². The average molecular weight is 198 g/mol. The molecule has 0 aliphatic rings. The van der Waals surface area contributed by atoms with Gasteiger partial charge in [0.15, 0.2) is 0 Å². The molecule has 2 nitrogen and oxygen atoms in total. The van der Waals surface area contributed by atoms with Crippen LogP contribution in [0.15, 0.2) is 30.3 Å². The van der Waals surface area contributed by atoms with E-state index in [0.29, 0.717) is 5.56 Å². The van der Waals surface area contributed by atoms with Gasteiger partial charge in [-0.3, -0.25) is 0 Å². The third-order valence-corrected chi connectivity index (χ3v) is 2.58. The molecule has 0 bridgehead atoms. The maximum Gasteiger partial charge on any atom is 0.364 e. The third-order valence-electron chi connectivity index (χ3n) is 1.46. The molecule has 13 heavy (non-hydrogen) atoms. The maximum atomic E-state index is 11.4. The zero-order chi connectivity index (χ0) is 9.19. The van der Waals surface area contributed by atoms with Gasteiger partial charge in [-0.15, -0.1) is 0 Å². The Bertz CT molecular complexity index is 324. The van der Waals surface area contributed by atoms with Crippen molar-refractivity contribution < 1.29 is 9.00 Å². The normalized spacial score (nSPS) is 10.3. The molecule has 0 unspecified atom stereocenters. The number of hydrogen-bond donors (Lipinski definition) is 0. The monoisotopic (exact) mass is 198 g/mol. The van der Waals surface area contributed by atoms with Gasteiger partial charge in [0.2, 0.25) is 0 Å². The van der Waals surface area contributed by atoms with Gasteiger partial charge in [0, 0.05) is 0 Å². The van der Waals surface area contributed by atoms with Gasteiger partial charge in [-0.05, 0) is 12.1 Å². The van der Waals surface area contributed by atoms with Crippen molar-refractivity contribution in [3.05, 3.63) is 43.3 Å². The van der Waals surface area contributed by atoms with E-state index in [2.05, 4.69) is 0 Å². The van der Waals surface area contributed by atoms with Gasteiger partial charge in [0.1, 0.15) is 22.4 Å². The summed E-state index contributed by atoms with van der Waals surface area (Å²) in [6.07, 6.45) is 2.92. The lowest BCUT2D eigenvalue weighted by Gasteiger charge is -1.97. The Morgan fingerprint density at radius 1 is 1.15 bits per heavy atom. The second kappa shape index (κ2) is 4.33. The summed E-state index contributed by atoms with van der Waals surface area (Å²) in [5, 5.41) is -0.275. The van der Waals surface area contributed by atoms with Crippen LogP contribution in [0.2, 0.25) is 0 Å². The molecule has 0 spiro atoms. The Labute approximate surface area is 80.4 Å². The Kier molecular flexibility index (Phi) is 4.01. The van der Waals surface area contributed by atoms with Crippen LogP contribution < -0.4 is 0 Å². The van der Waals surface area contributed by atoms with Gasteiger partial charge in [0.25, 0.3) is 0 Å². The Morgan fingerprint density at radius 2 is 1.62 bits per heavy atom. The number of benzene rings is 1. The molecule has 3 heteroatoms. The van der Waals surface area contributed by atoms with Crippen molar-refractivity contribution in [1.29, 1.82) is 0 Å². The first kappa shape index (κ1) is 12.0. The minimum Gasteiger partial charge on any atom is -0.358 e. The summed E-state index contributed by atoms with van der Waals surface area (Å²) in [6, 6.07) is 8.70. The number of rotatable bonds is 1. The molecule has 0 atom stereocenters. The highest BCUT2D eigenvalue weighted by atomic mass is 32.2. The molecule has 0 radical (unpaired) electrons. The van der Waals surface area contributed by atoms with Crippen molar-refractivity contribution in [1.82, 2.24) is 0 Å². The molecule has 0 saturated heterocycles. The van der Waals surface area contributed by atoms with Crippen molar-refractivity contribution in [3.63, 3.8) is 0 Å². The zero-order valence-electron chi connectivity index (χ0n) is 8.11. The van der Waals surface area contributed by atoms with Gasteiger partial charge in [-0.25, -0.2) is 4.79 Å². The summed E-state index contributed by atoms with van der Waals surface area (Å²) < 4.78 is 11.3. The fourth-order valence-electron chi connectivity index (χ4n) is 0.858. The van der Waals surface area contributed by atoms with Gasteiger partial charge < -0.3 is 7.43 Å². The van der Waals surface area contributed by atoms with Gasteiger partial charge >= 0.3 is 5.12 Å².